The normalized spacial score (nSPS) is 16.0. The van der Waals surface area contributed by atoms with Crippen LogP contribution in [0.3, 0.4) is 0 Å². The van der Waals surface area contributed by atoms with E-state index in [0.717, 1.165) is 49.7 Å². The molecular weight excluding hydrogens is 365 g/mol. The Bertz CT molecular complexity index is 937. The minimum absolute atomic E-state index is 0.271. The zero-order valence-corrected chi connectivity index (χ0v) is 16.6. The second-order valence-corrected chi connectivity index (χ2v) is 7.56. The van der Waals surface area contributed by atoms with Gasteiger partial charge < -0.3 is 10.6 Å². The molecule has 6 heteroatoms. The number of anilines is 2. The number of halogens is 1. The van der Waals surface area contributed by atoms with E-state index in [2.05, 4.69) is 57.0 Å². The fourth-order valence-electron chi connectivity index (χ4n) is 3.94. The predicted octanol–water partition coefficient (Wildman–Crippen LogP) is 3.79. The fraction of sp³-hybridized carbons (Fsp3) is 0.304. The van der Waals surface area contributed by atoms with E-state index in [1.807, 2.05) is 0 Å². The summed E-state index contributed by atoms with van der Waals surface area (Å²) in [7, 11) is 0. The first-order valence-electron chi connectivity index (χ1n) is 10.0. The van der Waals surface area contributed by atoms with Crippen molar-refractivity contribution >= 4 is 11.6 Å². The highest BCUT2D eigenvalue weighted by Gasteiger charge is 2.23. The maximum Gasteiger partial charge on any atom is 0.142 e. The summed E-state index contributed by atoms with van der Waals surface area (Å²) >= 11 is 0. The molecule has 150 valence electrons. The van der Waals surface area contributed by atoms with Crippen molar-refractivity contribution in [2.75, 3.05) is 43.4 Å². The number of hydrogen-bond donors (Lipinski definition) is 1. The third kappa shape index (κ3) is 4.38. The van der Waals surface area contributed by atoms with Crippen LogP contribution in [0.1, 0.15) is 18.4 Å². The number of aromatic nitrogens is 2. The molecule has 1 unspecified atom stereocenters. The van der Waals surface area contributed by atoms with E-state index in [-0.39, 0.29) is 5.82 Å². The van der Waals surface area contributed by atoms with Crippen molar-refractivity contribution in [3.8, 4) is 11.1 Å². The second-order valence-electron chi connectivity index (χ2n) is 7.56. The molecule has 1 fully saturated rings. The summed E-state index contributed by atoms with van der Waals surface area (Å²) in [4.78, 5) is 13.4. The Kier molecular flexibility index (Phi) is 5.71. The van der Waals surface area contributed by atoms with Crippen LogP contribution in [0, 0.1) is 5.82 Å². The summed E-state index contributed by atoms with van der Waals surface area (Å²) in [5.74, 6) is 1.46. The van der Waals surface area contributed by atoms with Gasteiger partial charge in [-0.1, -0.05) is 49.4 Å². The van der Waals surface area contributed by atoms with Gasteiger partial charge in [-0.05, 0) is 29.2 Å². The molecule has 0 amide bonds. The van der Waals surface area contributed by atoms with Crippen molar-refractivity contribution in [2.45, 2.75) is 12.8 Å². The van der Waals surface area contributed by atoms with Gasteiger partial charge in [0.05, 0.1) is 5.56 Å². The average Bonchev–Trinajstić information content (AvgIpc) is 2.75. The highest BCUT2D eigenvalue weighted by molar-refractivity contribution is 5.84. The molecule has 3 aromatic rings. The molecule has 0 bridgehead atoms. The van der Waals surface area contributed by atoms with Crippen molar-refractivity contribution < 1.29 is 4.39 Å². The third-order valence-electron chi connectivity index (χ3n) is 5.56. The standard InChI is InChI=1S/C23H26FN5/c1-17(18-5-3-2-4-6-18)15-28-11-13-29(14-12-28)23-21(22(25)26-16-27-23)19-7-9-20(24)10-8-19/h2-10,16-17H,11-15H2,1H3,(H2,25,26,27). The van der Waals surface area contributed by atoms with Crippen LogP contribution in [0.2, 0.25) is 0 Å². The smallest absolute Gasteiger partial charge is 0.142 e. The summed E-state index contributed by atoms with van der Waals surface area (Å²) < 4.78 is 13.3. The number of nitrogens with zero attached hydrogens (tertiary/aromatic N) is 4. The van der Waals surface area contributed by atoms with Crippen LogP contribution in [0.25, 0.3) is 11.1 Å². The molecule has 2 heterocycles. The maximum absolute atomic E-state index is 13.3. The molecule has 0 radical (unpaired) electrons. The van der Waals surface area contributed by atoms with E-state index < -0.39 is 0 Å². The Morgan fingerprint density at radius 1 is 0.966 bits per heavy atom. The van der Waals surface area contributed by atoms with E-state index in [1.54, 1.807) is 12.1 Å². The van der Waals surface area contributed by atoms with Gasteiger partial charge in [0.25, 0.3) is 0 Å². The van der Waals surface area contributed by atoms with Gasteiger partial charge in [-0.25, -0.2) is 14.4 Å². The van der Waals surface area contributed by atoms with Crippen LogP contribution >= 0.6 is 0 Å². The first-order chi connectivity index (χ1) is 14.1. The summed E-state index contributed by atoms with van der Waals surface area (Å²) in [6.45, 7) is 6.97. The molecule has 29 heavy (non-hydrogen) atoms. The lowest BCUT2D eigenvalue weighted by molar-refractivity contribution is 0.246. The SMILES string of the molecule is CC(CN1CCN(c2ncnc(N)c2-c2ccc(F)cc2)CC1)c1ccccc1. The van der Waals surface area contributed by atoms with Crippen molar-refractivity contribution in [3.05, 3.63) is 72.3 Å². The molecule has 4 rings (SSSR count). The Hall–Kier alpha value is -2.99. The van der Waals surface area contributed by atoms with E-state index >= 15 is 0 Å². The van der Waals surface area contributed by atoms with E-state index in [9.17, 15) is 4.39 Å². The molecule has 1 saturated heterocycles. The number of benzene rings is 2. The summed E-state index contributed by atoms with van der Waals surface area (Å²) in [5.41, 5.74) is 9.16. The van der Waals surface area contributed by atoms with Gasteiger partial charge in [0.2, 0.25) is 0 Å². The summed E-state index contributed by atoms with van der Waals surface area (Å²) in [6.07, 6.45) is 1.50. The lowest BCUT2D eigenvalue weighted by atomic mass is 10.0. The molecule has 1 atom stereocenters. The number of piperazine rings is 1. The van der Waals surface area contributed by atoms with Crippen LogP contribution in [-0.2, 0) is 0 Å². The van der Waals surface area contributed by atoms with Gasteiger partial charge in [0.15, 0.2) is 0 Å². The van der Waals surface area contributed by atoms with Gasteiger partial charge in [0.1, 0.15) is 23.8 Å². The first kappa shape index (κ1) is 19.3. The van der Waals surface area contributed by atoms with E-state index in [0.29, 0.717) is 11.7 Å². The molecule has 2 aromatic carbocycles. The molecule has 5 nitrogen and oxygen atoms in total. The van der Waals surface area contributed by atoms with Crippen molar-refractivity contribution in [3.63, 3.8) is 0 Å². The lowest BCUT2D eigenvalue weighted by Crippen LogP contribution is -2.47. The van der Waals surface area contributed by atoms with E-state index in [4.69, 9.17) is 5.73 Å². The van der Waals surface area contributed by atoms with Crippen LogP contribution in [-0.4, -0.2) is 47.6 Å². The zero-order valence-electron chi connectivity index (χ0n) is 16.6. The number of hydrogen-bond acceptors (Lipinski definition) is 5. The van der Waals surface area contributed by atoms with Crippen molar-refractivity contribution in [2.24, 2.45) is 0 Å². The summed E-state index contributed by atoms with van der Waals surface area (Å²) in [5, 5.41) is 0. The van der Waals surface area contributed by atoms with Crippen molar-refractivity contribution in [1.82, 2.24) is 14.9 Å². The highest BCUT2D eigenvalue weighted by atomic mass is 19.1. The van der Waals surface area contributed by atoms with Crippen LogP contribution in [0.4, 0.5) is 16.0 Å². The second kappa shape index (κ2) is 8.57. The predicted molar refractivity (Wildman–Crippen MR) is 115 cm³/mol. The third-order valence-corrected chi connectivity index (χ3v) is 5.56. The maximum atomic E-state index is 13.3. The molecule has 0 aliphatic carbocycles. The molecular formula is C23H26FN5. The number of nitrogens with two attached hydrogens (primary N) is 1. The Balaban J connectivity index is 1.46. The first-order valence-corrected chi connectivity index (χ1v) is 10.0. The minimum Gasteiger partial charge on any atom is -0.383 e. The van der Waals surface area contributed by atoms with Gasteiger partial charge in [-0.3, -0.25) is 4.90 Å². The number of rotatable bonds is 5. The van der Waals surface area contributed by atoms with Gasteiger partial charge in [-0.2, -0.15) is 0 Å². The van der Waals surface area contributed by atoms with E-state index in [1.165, 1.54) is 24.0 Å². The molecule has 0 spiro atoms. The molecule has 1 aromatic heterocycles. The largest absolute Gasteiger partial charge is 0.383 e. The Morgan fingerprint density at radius 3 is 2.34 bits per heavy atom. The lowest BCUT2D eigenvalue weighted by Gasteiger charge is -2.37. The average molecular weight is 391 g/mol. The van der Waals surface area contributed by atoms with Crippen molar-refractivity contribution in [1.29, 1.82) is 0 Å². The fourth-order valence-corrected chi connectivity index (χ4v) is 3.94. The quantitative estimate of drug-likeness (QED) is 0.717. The van der Waals surface area contributed by atoms with Gasteiger partial charge in [0, 0.05) is 32.7 Å². The minimum atomic E-state index is -0.271. The zero-order chi connectivity index (χ0) is 20.2. The number of nitrogen functional groups attached to an aromatic ring is 1. The summed E-state index contributed by atoms with van der Waals surface area (Å²) in [6, 6.07) is 17.0. The molecule has 2 N–H and O–H groups in total. The van der Waals surface area contributed by atoms with Crippen LogP contribution < -0.4 is 10.6 Å². The highest BCUT2D eigenvalue weighted by Crippen LogP contribution is 2.33. The van der Waals surface area contributed by atoms with Gasteiger partial charge >= 0.3 is 0 Å². The Morgan fingerprint density at radius 2 is 1.66 bits per heavy atom. The topological polar surface area (TPSA) is 58.3 Å². The molecule has 1 aliphatic rings. The molecule has 0 saturated carbocycles. The monoisotopic (exact) mass is 391 g/mol. The van der Waals surface area contributed by atoms with Crippen LogP contribution in [0.5, 0.6) is 0 Å². The van der Waals surface area contributed by atoms with Gasteiger partial charge in [-0.15, -0.1) is 0 Å². The Labute approximate surface area is 171 Å². The van der Waals surface area contributed by atoms with Crippen LogP contribution in [0.15, 0.2) is 60.9 Å². The molecule has 1 aliphatic heterocycles.